The Morgan fingerprint density at radius 1 is 1.17 bits per heavy atom. The van der Waals surface area contributed by atoms with Gasteiger partial charge in [-0.1, -0.05) is 24.3 Å². The largest absolute Gasteiger partial charge is 0.316 e. The predicted molar refractivity (Wildman–Crippen MR) is 77.7 cm³/mol. The summed E-state index contributed by atoms with van der Waals surface area (Å²) in [6.45, 7) is 5.83. The summed E-state index contributed by atoms with van der Waals surface area (Å²) in [7, 11) is 1.96. The summed E-state index contributed by atoms with van der Waals surface area (Å²) in [6, 6.07) is 8.65. The number of hydrogen-bond acceptors (Lipinski definition) is 2. The number of nitrogens with zero attached hydrogens (tertiary/aromatic N) is 2. The summed E-state index contributed by atoms with van der Waals surface area (Å²) in [5.41, 5.74) is 4.79. The first-order chi connectivity index (χ1) is 8.61. The number of rotatable bonds is 4. The van der Waals surface area contributed by atoms with Crippen molar-refractivity contribution in [3.8, 4) is 0 Å². The highest BCUT2D eigenvalue weighted by molar-refractivity contribution is 9.10. The molecule has 0 saturated carbocycles. The summed E-state index contributed by atoms with van der Waals surface area (Å²) < 4.78 is 3.14. The number of hydrogen-bond donors (Lipinski definition) is 1. The third-order valence-electron chi connectivity index (χ3n) is 3.03. The van der Waals surface area contributed by atoms with Gasteiger partial charge >= 0.3 is 0 Å². The van der Waals surface area contributed by atoms with Crippen LogP contribution in [0.1, 0.15) is 22.5 Å². The lowest BCUT2D eigenvalue weighted by molar-refractivity contribution is 0.658. The Balaban J connectivity index is 2.15. The lowest BCUT2D eigenvalue weighted by Gasteiger charge is -2.06. The van der Waals surface area contributed by atoms with E-state index in [4.69, 9.17) is 0 Å². The summed E-state index contributed by atoms with van der Waals surface area (Å²) >= 11 is 3.55. The number of benzene rings is 1. The zero-order valence-corrected chi connectivity index (χ0v) is 12.6. The Morgan fingerprint density at radius 2 is 1.78 bits per heavy atom. The fourth-order valence-corrected chi connectivity index (χ4v) is 2.25. The van der Waals surface area contributed by atoms with E-state index in [0.29, 0.717) is 0 Å². The molecule has 0 fully saturated rings. The number of aromatic nitrogens is 2. The molecular formula is C14H18BrN3. The van der Waals surface area contributed by atoms with Crippen LogP contribution >= 0.6 is 15.9 Å². The summed E-state index contributed by atoms with van der Waals surface area (Å²) in [4.78, 5) is 0. The van der Waals surface area contributed by atoms with E-state index in [0.717, 1.165) is 23.3 Å². The van der Waals surface area contributed by atoms with Gasteiger partial charge in [0.1, 0.15) is 0 Å². The zero-order valence-electron chi connectivity index (χ0n) is 11.0. The normalized spacial score (nSPS) is 10.9. The zero-order chi connectivity index (χ0) is 13.1. The molecule has 2 rings (SSSR count). The van der Waals surface area contributed by atoms with Crippen molar-refractivity contribution in [2.75, 3.05) is 7.05 Å². The molecule has 1 heterocycles. The fraction of sp³-hybridized carbons (Fsp3) is 0.357. The van der Waals surface area contributed by atoms with Gasteiger partial charge in [0, 0.05) is 6.54 Å². The van der Waals surface area contributed by atoms with Crippen molar-refractivity contribution in [2.24, 2.45) is 0 Å². The van der Waals surface area contributed by atoms with Gasteiger partial charge in [-0.2, -0.15) is 5.10 Å². The molecule has 96 valence electrons. The van der Waals surface area contributed by atoms with Crippen LogP contribution in [0, 0.1) is 13.8 Å². The van der Waals surface area contributed by atoms with Crippen LogP contribution in [0.4, 0.5) is 0 Å². The van der Waals surface area contributed by atoms with Gasteiger partial charge in [0.05, 0.1) is 22.4 Å². The van der Waals surface area contributed by atoms with Gasteiger partial charge in [-0.05, 0) is 48.0 Å². The van der Waals surface area contributed by atoms with E-state index in [1.54, 1.807) is 0 Å². The minimum absolute atomic E-state index is 0.818. The highest BCUT2D eigenvalue weighted by Gasteiger charge is 2.08. The van der Waals surface area contributed by atoms with Crippen LogP contribution in [0.3, 0.4) is 0 Å². The van der Waals surface area contributed by atoms with E-state index in [2.05, 4.69) is 57.5 Å². The van der Waals surface area contributed by atoms with Crippen molar-refractivity contribution in [3.05, 3.63) is 51.3 Å². The number of halogens is 1. The summed E-state index contributed by atoms with van der Waals surface area (Å²) in [6.07, 6.45) is 0. The van der Waals surface area contributed by atoms with Crippen LogP contribution in [0.2, 0.25) is 0 Å². The molecule has 0 amide bonds. The average molecular weight is 308 g/mol. The Morgan fingerprint density at radius 3 is 2.28 bits per heavy atom. The van der Waals surface area contributed by atoms with Crippen LogP contribution in [-0.4, -0.2) is 16.8 Å². The van der Waals surface area contributed by atoms with Gasteiger partial charge in [0.2, 0.25) is 0 Å². The van der Waals surface area contributed by atoms with Crippen molar-refractivity contribution in [1.82, 2.24) is 15.1 Å². The smallest absolute Gasteiger partial charge is 0.0738 e. The van der Waals surface area contributed by atoms with Gasteiger partial charge in [-0.3, -0.25) is 4.68 Å². The van der Waals surface area contributed by atoms with E-state index in [9.17, 15) is 0 Å². The van der Waals surface area contributed by atoms with E-state index in [-0.39, 0.29) is 0 Å². The van der Waals surface area contributed by atoms with Crippen molar-refractivity contribution in [2.45, 2.75) is 26.9 Å². The van der Waals surface area contributed by atoms with Crippen LogP contribution < -0.4 is 5.32 Å². The molecule has 4 heteroatoms. The Bertz CT molecular complexity index is 529. The molecule has 2 aromatic rings. The van der Waals surface area contributed by atoms with Gasteiger partial charge in [-0.25, -0.2) is 0 Å². The molecule has 0 aliphatic rings. The second-order valence-electron chi connectivity index (χ2n) is 4.49. The van der Waals surface area contributed by atoms with Gasteiger partial charge in [-0.15, -0.1) is 0 Å². The highest BCUT2D eigenvalue weighted by Crippen LogP contribution is 2.20. The Hall–Kier alpha value is -1.13. The van der Waals surface area contributed by atoms with Gasteiger partial charge in [0.15, 0.2) is 0 Å². The molecule has 1 aromatic heterocycles. The standard InChI is InChI=1S/C14H18BrN3/c1-10-14(15)11(2)18(17-10)9-13-6-4-12(5-7-13)8-16-3/h4-7,16H,8-9H2,1-3H3. The molecule has 0 aliphatic carbocycles. The Labute approximate surface area is 116 Å². The second-order valence-corrected chi connectivity index (χ2v) is 5.28. The molecule has 0 bridgehead atoms. The molecule has 1 aromatic carbocycles. The molecule has 0 radical (unpaired) electrons. The van der Waals surface area contributed by atoms with Gasteiger partial charge in [0.25, 0.3) is 0 Å². The molecule has 3 nitrogen and oxygen atoms in total. The van der Waals surface area contributed by atoms with Crippen LogP contribution in [0.5, 0.6) is 0 Å². The fourth-order valence-electron chi connectivity index (χ4n) is 1.97. The van der Waals surface area contributed by atoms with Crippen LogP contribution in [0.25, 0.3) is 0 Å². The third-order valence-corrected chi connectivity index (χ3v) is 4.18. The lowest BCUT2D eigenvalue weighted by atomic mass is 10.1. The summed E-state index contributed by atoms with van der Waals surface area (Å²) in [5, 5.41) is 7.67. The van der Waals surface area contributed by atoms with Gasteiger partial charge < -0.3 is 5.32 Å². The lowest BCUT2D eigenvalue weighted by Crippen LogP contribution is -2.06. The number of aryl methyl sites for hydroxylation is 1. The van der Waals surface area contributed by atoms with Crippen molar-refractivity contribution < 1.29 is 0 Å². The topological polar surface area (TPSA) is 29.9 Å². The van der Waals surface area contributed by atoms with E-state index >= 15 is 0 Å². The van der Waals surface area contributed by atoms with E-state index in [1.165, 1.54) is 16.8 Å². The summed E-state index contributed by atoms with van der Waals surface area (Å²) in [5.74, 6) is 0. The molecule has 0 unspecified atom stereocenters. The van der Waals surface area contributed by atoms with Crippen molar-refractivity contribution >= 4 is 15.9 Å². The molecular weight excluding hydrogens is 290 g/mol. The van der Waals surface area contributed by atoms with E-state index < -0.39 is 0 Å². The van der Waals surface area contributed by atoms with Crippen LogP contribution in [-0.2, 0) is 13.1 Å². The first-order valence-electron chi connectivity index (χ1n) is 6.03. The quantitative estimate of drug-likeness (QED) is 0.941. The maximum Gasteiger partial charge on any atom is 0.0738 e. The molecule has 1 N–H and O–H groups in total. The average Bonchev–Trinajstić information content (AvgIpc) is 2.60. The number of nitrogens with one attached hydrogen (secondary N) is 1. The first-order valence-corrected chi connectivity index (χ1v) is 6.83. The monoisotopic (exact) mass is 307 g/mol. The first kappa shape index (κ1) is 13.3. The molecule has 0 atom stereocenters. The van der Waals surface area contributed by atoms with Crippen LogP contribution in [0.15, 0.2) is 28.7 Å². The highest BCUT2D eigenvalue weighted by atomic mass is 79.9. The van der Waals surface area contributed by atoms with Crippen molar-refractivity contribution in [1.29, 1.82) is 0 Å². The molecule has 0 saturated heterocycles. The van der Waals surface area contributed by atoms with E-state index in [1.807, 2.05) is 18.7 Å². The minimum Gasteiger partial charge on any atom is -0.316 e. The maximum absolute atomic E-state index is 4.52. The molecule has 18 heavy (non-hydrogen) atoms. The SMILES string of the molecule is CNCc1ccc(Cn2nc(C)c(Br)c2C)cc1. The Kier molecular flexibility index (Phi) is 4.19. The second kappa shape index (κ2) is 5.67. The molecule has 0 spiro atoms. The molecule has 0 aliphatic heterocycles. The predicted octanol–water partition coefficient (Wildman–Crippen LogP) is 3.03. The third kappa shape index (κ3) is 2.82. The van der Waals surface area contributed by atoms with Crippen molar-refractivity contribution in [3.63, 3.8) is 0 Å². The minimum atomic E-state index is 0.818. The maximum atomic E-state index is 4.52.